The molecule has 0 radical (unpaired) electrons. The van der Waals surface area contributed by atoms with Crippen LogP contribution in [0.2, 0.25) is 0 Å². The van der Waals surface area contributed by atoms with Crippen LogP contribution in [0.4, 0.5) is 18.9 Å². The van der Waals surface area contributed by atoms with Gasteiger partial charge in [-0.2, -0.15) is 18.4 Å². The van der Waals surface area contributed by atoms with Crippen molar-refractivity contribution in [1.82, 2.24) is 20.2 Å². The maximum Gasteiger partial charge on any atom is 0.393 e. The summed E-state index contributed by atoms with van der Waals surface area (Å²) in [6, 6.07) is 5.37. The van der Waals surface area contributed by atoms with Gasteiger partial charge in [0.15, 0.2) is 0 Å². The second-order valence-corrected chi connectivity index (χ2v) is 7.36. The molecule has 6 nitrogen and oxygen atoms in total. The molecule has 0 saturated carbocycles. The van der Waals surface area contributed by atoms with Gasteiger partial charge in [0.25, 0.3) is 0 Å². The molecule has 2 fully saturated rings. The van der Waals surface area contributed by atoms with Crippen LogP contribution in [0.1, 0.15) is 5.56 Å². The third-order valence-electron chi connectivity index (χ3n) is 5.63. The van der Waals surface area contributed by atoms with Crippen LogP contribution in [-0.4, -0.2) is 66.9 Å². The first kappa shape index (κ1) is 18.9. The second kappa shape index (κ2) is 7.53. The van der Waals surface area contributed by atoms with Crippen molar-refractivity contribution in [3.63, 3.8) is 0 Å². The first-order valence-electron chi connectivity index (χ1n) is 9.36. The van der Waals surface area contributed by atoms with Crippen molar-refractivity contribution in [2.75, 3.05) is 50.7 Å². The van der Waals surface area contributed by atoms with E-state index < -0.39 is 18.0 Å². The van der Waals surface area contributed by atoms with Gasteiger partial charge in [0.05, 0.1) is 17.2 Å². The molecule has 4 rings (SSSR count). The largest absolute Gasteiger partial charge is 0.393 e. The van der Waals surface area contributed by atoms with Crippen molar-refractivity contribution < 1.29 is 13.2 Å². The van der Waals surface area contributed by atoms with E-state index in [0.717, 1.165) is 26.2 Å². The summed E-state index contributed by atoms with van der Waals surface area (Å²) in [7, 11) is 0. The van der Waals surface area contributed by atoms with Gasteiger partial charge in [0.1, 0.15) is 17.1 Å². The van der Waals surface area contributed by atoms with Crippen LogP contribution in [0.25, 0.3) is 11.0 Å². The molecule has 1 aromatic heterocycles. The maximum atomic E-state index is 13.8. The van der Waals surface area contributed by atoms with E-state index in [-0.39, 0.29) is 6.54 Å². The Bertz CT molecular complexity index is 887. The zero-order valence-electron chi connectivity index (χ0n) is 15.3. The summed E-state index contributed by atoms with van der Waals surface area (Å²) < 4.78 is 41.3. The Morgan fingerprint density at radius 1 is 1.11 bits per heavy atom. The number of rotatable bonds is 3. The molecule has 28 heavy (non-hydrogen) atoms. The van der Waals surface area contributed by atoms with Crippen LogP contribution in [0.3, 0.4) is 0 Å². The molecular weight excluding hydrogens is 369 g/mol. The molecule has 2 aliphatic heterocycles. The van der Waals surface area contributed by atoms with Gasteiger partial charge in [-0.3, -0.25) is 9.97 Å². The molecule has 0 bridgehead atoms. The minimum atomic E-state index is -4.25. The minimum Gasteiger partial charge on any atom is -0.369 e. The Labute approximate surface area is 161 Å². The van der Waals surface area contributed by atoms with Crippen molar-refractivity contribution in [2.24, 2.45) is 11.8 Å². The molecule has 1 aromatic carbocycles. The number of nitrogens with one attached hydrogen (secondary N) is 1. The summed E-state index contributed by atoms with van der Waals surface area (Å²) in [5, 5.41) is 12.5. The Hall–Kier alpha value is -2.44. The highest BCUT2D eigenvalue weighted by Gasteiger charge is 2.50. The number of nitriles is 1. The molecule has 0 aliphatic carbocycles. The highest BCUT2D eigenvalue weighted by atomic mass is 19.4. The molecule has 2 aromatic rings. The van der Waals surface area contributed by atoms with Crippen molar-refractivity contribution in [1.29, 1.82) is 5.26 Å². The van der Waals surface area contributed by atoms with E-state index in [0.29, 0.717) is 35.4 Å². The standard InChI is InChI=1S/C19H21F3N6/c20-19(21,22)15-12-28(11-14(15)10-27-7-5-24-6-8-27)16-2-1-13(9-23)17-18(16)26-4-3-25-17/h1-4,14-15,24H,5-8,10-12H2/t14-,15?/m0/s1. The van der Waals surface area contributed by atoms with Gasteiger partial charge in [0.2, 0.25) is 0 Å². The summed E-state index contributed by atoms with van der Waals surface area (Å²) in [4.78, 5) is 12.4. The van der Waals surface area contributed by atoms with E-state index in [4.69, 9.17) is 0 Å². The molecule has 148 valence electrons. The van der Waals surface area contributed by atoms with Crippen LogP contribution < -0.4 is 10.2 Å². The smallest absolute Gasteiger partial charge is 0.369 e. The average Bonchev–Trinajstić information content (AvgIpc) is 3.12. The quantitative estimate of drug-likeness (QED) is 0.865. The Balaban J connectivity index is 1.64. The predicted octanol–water partition coefficient (Wildman–Crippen LogP) is 2.02. The van der Waals surface area contributed by atoms with Crippen LogP contribution in [0.15, 0.2) is 24.5 Å². The minimum absolute atomic E-state index is 0.0994. The lowest BCUT2D eigenvalue weighted by Gasteiger charge is -2.31. The lowest BCUT2D eigenvalue weighted by molar-refractivity contribution is -0.180. The van der Waals surface area contributed by atoms with Gasteiger partial charge < -0.3 is 15.1 Å². The molecular formula is C19H21F3N6. The molecule has 2 saturated heterocycles. The number of hydrogen-bond acceptors (Lipinski definition) is 6. The third-order valence-corrected chi connectivity index (χ3v) is 5.63. The van der Waals surface area contributed by atoms with Crippen LogP contribution in [0, 0.1) is 23.2 Å². The highest BCUT2D eigenvalue weighted by molar-refractivity contribution is 5.92. The van der Waals surface area contributed by atoms with Crippen LogP contribution in [-0.2, 0) is 0 Å². The van der Waals surface area contributed by atoms with Crippen LogP contribution >= 0.6 is 0 Å². The van der Waals surface area contributed by atoms with Crippen molar-refractivity contribution in [3.05, 3.63) is 30.1 Å². The number of piperazine rings is 1. The molecule has 0 amide bonds. The fraction of sp³-hybridized carbons (Fsp3) is 0.526. The number of aromatic nitrogens is 2. The molecule has 2 aliphatic rings. The number of halogens is 3. The van der Waals surface area contributed by atoms with Crippen molar-refractivity contribution >= 4 is 16.7 Å². The van der Waals surface area contributed by atoms with Crippen LogP contribution in [0.5, 0.6) is 0 Å². The Morgan fingerprint density at radius 3 is 2.50 bits per heavy atom. The number of nitrogens with zero attached hydrogens (tertiary/aromatic N) is 5. The molecule has 1 unspecified atom stereocenters. The summed E-state index contributed by atoms with van der Waals surface area (Å²) in [5.74, 6) is -1.88. The van der Waals surface area contributed by atoms with E-state index >= 15 is 0 Å². The SMILES string of the molecule is N#Cc1ccc(N2CC(C(F)(F)F)[C@@H](CN3CCNCC3)C2)c2nccnc12. The lowest BCUT2D eigenvalue weighted by Crippen LogP contribution is -2.47. The zero-order chi connectivity index (χ0) is 19.7. The number of benzene rings is 1. The molecule has 9 heteroatoms. The van der Waals surface area contributed by atoms with E-state index in [1.807, 2.05) is 0 Å². The second-order valence-electron chi connectivity index (χ2n) is 7.36. The van der Waals surface area contributed by atoms with Gasteiger partial charge in [-0.15, -0.1) is 0 Å². The van der Waals surface area contributed by atoms with Gasteiger partial charge in [0, 0.05) is 64.1 Å². The van der Waals surface area contributed by atoms with E-state index in [2.05, 4.69) is 26.3 Å². The first-order chi connectivity index (χ1) is 13.5. The first-order valence-corrected chi connectivity index (χ1v) is 9.36. The molecule has 3 heterocycles. The lowest BCUT2D eigenvalue weighted by atomic mass is 9.94. The van der Waals surface area contributed by atoms with Gasteiger partial charge in [-0.05, 0) is 12.1 Å². The molecule has 2 atom stereocenters. The van der Waals surface area contributed by atoms with E-state index in [9.17, 15) is 18.4 Å². The summed E-state index contributed by atoms with van der Waals surface area (Å²) >= 11 is 0. The van der Waals surface area contributed by atoms with Crippen molar-refractivity contribution in [3.8, 4) is 6.07 Å². The zero-order valence-corrected chi connectivity index (χ0v) is 15.3. The maximum absolute atomic E-state index is 13.8. The number of alkyl halides is 3. The predicted molar refractivity (Wildman–Crippen MR) is 98.8 cm³/mol. The normalized spacial score (nSPS) is 23.9. The van der Waals surface area contributed by atoms with E-state index in [1.165, 1.54) is 12.4 Å². The highest BCUT2D eigenvalue weighted by Crippen LogP contribution is 2.41. The fourth-order valence-electron chi connectivity index (χ4n) is 4.24. The van der Waals surface area contributed by atoms with E-state index in [1.54, 1.807) is 17.0 Å². The summed E-state index contributed by atoms with van der Waals surface area (Å²) in [6.45, 7) is 3.80. The third kappa shape index (κ3) is 3.62. The molecule has 1 N–H and O–H groups in total. The topological polar surface area (TPSA) is 68.1 Å². The number of anilines is 1. The van der Waals surface area contributed by atoms with Crippen molar-refractivity contribution in [2.45, 2.75) is 6.18 Å². The summed E-state index contributed by atoms with van der Waals surface area (Å²) in [5.41, 5.74) is 1.89. The van der Waals surface area contributed by atoms with Gasteiger partial charge >= 0.3 is 6.18 Å². The Morgan fingerprint density at radius 2 is 1.82 bits per heavy atom. The monoisotopic (exact) mass is 390 g/mol. The average molecular weight is 390 g/mol. The number of hydrogen-bond donors (Lipinski definition) is 1. The van der Waals surface area contributed by atoms with Gasteiger partial charge in [-0.1, -0.05) is 0 Å². The number of fused-ring (bicyclic) bond motifs is 1. The fourth-order valence-corrected chi connectivity index (χ4v) is 4.24. The Kier molecular flexibility index (Phi) is 5.08. The summed E-state index contributed by atoms with van der Waals surface area (Å²) in [6.07, 6.45) is -1.26. The van der Waals surface area contributed by atoms with Gasteiger partial charge in [-0.25, -0.2) is 0 Å². The molecule has 0 spiro atoms.